The van der Waals surface area contributed by atoms with Crippen molar-refractivity contribution in [2.45, 2.75) is 0 Å². The zero-order chi connectivity index (χ0) is 11.1. The maximum absolute atomic E-state index is 5.64. The topological polar surface area (TPSA) is 21.3 Å². The lowest BCUT2D eigenvalue weighted by molar-refractivity contribution is 0.447. The zero-order valence-corrected chi connectivity index (χ0v) is 8.86. The van der Waals surface area contributed by atoms with Crippen molar-refractivity contribution in [3.63, 3.8) is 0 Å². The molecule has 0 spiro atoms. The molecular weight excluding hydrogens is 186 g/mol. The first-order valence-electron chi connectivity index (χ1n) is 4.71. The van der Waals surface area contributed by atoms with E-state index in [0.717, 1.165) is 11.4 Å². The molecule has 1 rings (SSSR count). The normalized spacial score (nSPS) is 10.6. The Morgan fingerprint density at radius 1 is 1.33 bits per heavy atom. The van der Waals surface area contributed by atoms with Crippen LogP contribution in [0.1, 0.15) is 0 Å². The smallest absolute Gasteiger partial charge is 0.150 e. The monoisotopic (exact) mass is 201 g/mol. The fourth-order valence-electron chi connectivity index (χ4n) is 1.15. The number of hydrogen-bond acceptors (Lipinski definition) is 2. The number of para-hydroxylation sites is 2. The number of allylic oxidation sites excluding steroid dienone is 3. The van der Waals surface area contributed by atoms with E-state index < -0.39 is 0 Å². The molecule has 0 radical (unpaired) electrons. The van der Waals surface area contributed by atoms with Gasteiger partial charge in [-0.05, 0) is 24.3 Å². The molecule has 15 heavy (non-hydrogen) atoms. The summed E-state index contributed by atoms with van der Waals surface area (Å²) in [4.78, 5) is 0. The summed E-state index contributed by atoms with van der Waals surface area (Å²) in [7, 11) is 1.85. The first kappa shape index (κ1) is 11.1. The SMILES string of the molecule is C=C/C=C(\C=C)Oc1ccccc1NC. The quantitative estimate of drug-likeness (QED) is 0.582. The molecule has 0 unspecified atom stereocenters. The number of benzene rings is 1. The Labute approximate surface area is 90.6 Å². The van der Waals surface area contributed by atoms with Gasteiger partial charge in [0, 0.05) is 7.05 Å². The van der Waals surface area contributed by atoms with Crippen LogP contribution in [0, 0.1) is 0 Å². The minimum Gasteiger partial charge on any atom is -0.455 e. The highest BCUT2D eigenvalue weighted by Gasteiger charge is 2.01. The van der Waals surface area contributed by atoms with Gasteiger partial charge in [0.15, 0.2) is 0 Å². The molecule has 1 aromatic carbocycles. The molecule has 1 aromatic rings. The van der Waals surface area contributed by atoms with Crippen molar-refractivity contribution in [2.24, 2.45) is 0 Å². The zero-order valence-electron chi connectivity index (χ0n) is 8.86. The van der Waals surface area contributed by atoms with Crippen LogP contribution in [0.5, 0.6) is 5.75 Å². The molecule has 78 valence electrons. The average Bonchev–Trinajstić information content (AvgIpc) is 2.29. The van der Waals surface area contributed by atoms with Crippen LogP contribution in [0.2, 0.25) is 0 Å². The van der Waals surface area contributed by atoms with Gasteiger partial charge in [0.1, 0.15) is 11.5 Å². The van der Waals surface area contributed by atoms with Crippen LogP contribution in [-0.4, -0.2) is 7.05 Å². The average molecular weight is 201 g/mol. The fourth-order valence-corrected chi connectivity index (χ4v) is 1.15. The largest absolute Gasteiger partial charge is 0.455 e. The third kappa shape index (κ3) is 3.02. The van der Waals surface area contributed by atoms with Gasteiger partial charge in [-0.3, -0.25) is 0 Å². The Bertz CT molecular complexity index is 380. The van der Waals surface area contributed by atoms with Crippen molar-refractivity contribution in [1.29, 1.82) is 0 Å². The lowest BCUT2D eigenvalue weighted by atomic mass is 10.3. The Balaban J connectivity index is 2.92. The molecule has 1 N–H and O–H groups in total. The Kier molecular flexibility index (Phi) is 4.23. The predicted octanol–water partition coefficient (Wildman–Crippen LogP) is 3.36. The van der Waals surface area contributed by atoms with Gasteiger partial charge >= 0.3 is 0 Å². The predicted molar refractivity (Wildman–Crippen MR) is 65.1 cm³/mol. The van der Waals surface area contributed by atoms with Crippen LogP contribution in [0.25, 0.3) is 0 Å². The number of nitrogens with one attached hydrogen (secondary N) is 1. The molecule has 0 saturated heterocycles. The molecule has 0 aliphatic heterocycles. The van der Waals surface area contributed by atoms with E-state index in [-0.39, 0.29) is 0 Å². The minimum atomic E-state index is 0.674. The summed E-state index contributed by atoms with van der Waals surface area (Å²) in [5, 5.41) is 3.05. The van der Waals surface area contributed by atoms with Gasteiger partial charge in [0.25, 0.3) is 0 Å². The van der Waals surface area contributed by atoms with Crippen LogP contribution in [-0.2, 0) is 0 Å². The van der Waals surface area contributed by atoms with Gasteiger partial charge in [-0.1, -0.05) is 31.4 Å². The lowest BCUT2D eigenvalue weighted by Crippen LogP contribution is -1.96. The van der Waals surface area contributed by atoms with Gasteiger partial charge in [-0.15, -0.1) is 0 Å². The van der Waals surface area contributed by atoms with Gasteiger partial charge in [-0.2, -0.15) is 0 Å². The van der Waals surface area contributed by atoms with E-state index in [1.807, 2.05) is 31.3 Å². The maximum Gasteiger partial charge on any atom is 0.150 e. The van der Waals surface area contributed by atoms with Crippen LogP contribution >= 0.6 is 0 Å². The van der Waals surface area contributed by atoms with Gasteiger partial charge < -0.3 is 10.1 Å². The number of hydrogen-bond donors (Lipinski definition) is 1. The highest BCUT2D eigenvalue weighted by atomic mass is 16.5. The first-order valence-corrected chi connectivity index (χ1v) is 4.71. The first-order chi connectivity index (χ1) is 7.31. The second kappa shape index (κ2) is 5.70. The van der Waals surface area contributed by atoms with E-state index in [2.05, 4.69) is 18.5 Å². The summed E-state index contributed by atoms with van der Waals surface area (Å²) in [5.41, 5.74) is 0.939. The Morgan fingerprint density at radius 2 is 2.07 bits per heavy atom. The summed E-state index contributed by atoms with van der Waals surface area (Å²) in [5.74, 6) is 1.45. The van der Waals surface area contributed by atoms with Crippen molar-refractivity contribution < 1.29 is 4.74 Å². The summed E-state index contributed by atoms with van der Waals surface area (Å²) >= 11 is 0. The third-order valence-electron chi connectivity index (χ3n) is 1.87. The highest BCUT2D eigenvalue weighted by molar-refractivity contribution is 5.56. The van der Waals surface area contributed by atoms with Crippen LogP contribution in [0.15, 0.2) is 61.4 Å². The van der Waals surface area contributed by atoms with Gasteiger partial charge in [0.05, 0.1) is 5.69 Å². The Morgan fingerprint density at radius 3 is 2.67 bits per heavy atom. The maximum atomic E-state index is 5.64. The molecule has 0 aromatic heterocycles. The van der Waals surface area contributed by atoms with Crippen molar-refractivity contribution in [2.75, 3.05) is 12.4 Å². The molecule has 0 bridgehead atoms. The molecule has 0 aliphatic rings. The molecule has 0 amide bonds. The Hall–Kier alpha value is -1.96. The van der Waals surface area contributed by atoms with E-state index in [1.165, 1.54) is 0 Å². The van der Waals surface area contributed by atoms with Gasteiger partial charge in [0.2, 0.25) is 0 Å². The van der Waals surface area contributed by atoms with Crippen molar-refractivity contribution >= 4 is 5.69 Å². The summed E-state index contributed by atoms with van der Waals surface area (Å²) < 4.78 is 5.64. The van der Waals surface area contributed by atoms with Crippen molar-refractivity contribution in [1.82, 2.24) is 0 Å². The van der Waals surface area contributed by atoms with Crippen LogP contribution < -0.4 is 10.1 Å². The van der Waals surface area contributed by atoms with Crippen LogP contribution in [0.4, 0.5) is 5.69 Å². The fraction of sp³-hybridized carbons (Fsp3) is 0.0769. The number of anilines is 1. The molecule has 2 heteroatoms. The number of ether oxygens (including phenoxy) is 1. The molecule has 0 heterocycles. The standard InChI is InChI=1S/C13H15NO/c1-4-8-11(5-2)15-13-10-7-6-9-12(13)14-3/h4-10,14H,1-2H2,3H3/b11-8+. The highest BCUT2D eigenvalue weighted by Crippen LogP contribution is 2.25. The summed E-state index contributed by atoms with van der Waals surface area (Å²) in [6.07, 6.45) is 5.08. The van der Waals surface area contributed by atoms with E-state index in [4.69, 9.17) is 4.74 Å². The minimum absolute atomic E-state index is 0.674. The molecule has 2 nitrogen and oxygen atoms in total. The van der Waals surface area contributed by atoms with E-state index in [1.54, 1.807) is 18.2 Å². The third-order valence-corrected chi connectivity index (χ3v) is 1.87. The van der Waals surface area contributed by atoms with Gasteiger partial charge in [-0.25, -0.2) is 0 Å². The second-order valence-corrected chi connectivity index (χ2v) is 2.86. The second-order valence-electron chi connectivity index (χ2n) is 2.86. The van der Waals surface area contributed by atoms with E-state index >= 15 is 0 Å². The van der Waals surface area contributed by atoms with Crippen molar-refractivity contribution in [3.8, 4) is 5.75 Å². The van der Waals surface area contributed by atoms with E-state index in [0.29, 0.717) is 5.76 Å². The molecule has 0 fully saturated rings. The van der Waals surface area contributed by atoms with E-state index in [9.17, 15) is 0 Å². The lowest BCUT2D eigenvalue weighted by Gasteiger charge is -2.10. The summed E-state index contributed by atoms with van der Waals surface area (Å²) in [6, 6.07) is 7.71. The van der Waals surface area contributed by atoms with Crippen LogP contribution in [0.3, 0.4) is 0 Å². The number of rotatable bonds is 5. The molecule has 0 aliphatic carbocycles. The summed E-state index contributed by atoms with van der Waals surface area (Å²) in [6.45, 7) is 7.28. The van der Waals surface area contributed by atoms with Crippen molar-refractivity contribution in [3.05, 3.63) is 61.4 Å². The molecule has 0 atom stereocenters. The molecule has 0 saturated carbocycles. The molecular formula is C13H15NO.